The zero-order valence-corrected chi connectivity index (χ0v) is 53.5. The number of ether oxygens (including phenoxy) is 4. The van der Waals surface area contributed by atoms with Gasteiger partial charge in [-0.1, -0.05) is 87.4 Å². The first-order valence-corrected chi connectivity index (χ1v) is 34.1. The Morgan fingerprint density at radius 2 is 1.66 bits per heavy atom. The molecule has 0 amide bonds. The van der Waals surface area contributed by atoms with E-state index in [0.29, 0.717) is 86.1 Å². The molecule has 15 nitrogen and oxygen atoms in total. The third-order valence-corrected chi connectivity index (χ3v) is 21.2. The maximum atomic E-state index is 12.2. The Morgan fingerprint density at radius 1 is 0.824 bits per heavy atom. The molecule has 3 aliphatic heterocycles. The van der Waals surface area contributed by atoms with Crippen molar-refractivity contribution in [2.45, 2.75) is 190 Å². The molecule has 6 aromatic rings. The zero-order chi connectivity index (χ0) is 62.9. The zero-order valence-electron chi connectivity index (χ0n) is 53.5. The van der Waals surface area contributed by atoms with Gasteiger partial charge in [0, 0.05) is 85.1 Å². The molecule has 2 fully saturated rings. The number of hydrogen-bond donors (Lipinski definition) is 11. The number of aliphatic hydroxyl groups is 4. The van der Waals surface area contributed by atoms with Gasteiger partial charge in [-0.05, 0) is 207 Å². The van der Waals surface area contributed by atoms with Gasteiger partial charge in [0.2, 0.25) is 0 Å². The monoisotopic (exact) mass is 1240 g/mol. The number of aryl methyl sites for hydroxylation is 2. The fourth-order valence-corrected chi connectivity index (χ4v) is 17.1. The summed E-state index contributed by atoms with van der Waals surface area (Å²) in [7, 11) is 0. The van der Waals surface area contributed by atoms with Gasteiger partial charge in [-0.2, -0.15) is 0 Å². The van der Waals surface area contributed by atoms with Crippen LogP contribution in [0, 0.1) is 23.2 Å². The molecule has 484 valence electrons. The number of aromatic hydroxyl groups is 2. The van der Waals surface area contributed by atoms with Gasteiger partial charge in [0.1, 0.15) is 41.1 Å². The third-order valence-electron chi connectivity index (χ3n) is 21.2. The summed E-state index contributed by atoms with van der Waals surface area (Å²) in [5.74, 6) is 8.87. The summed E-state index contributed by atoms with van der Waals surface area (Å²) < 4.78 is 29.6. The lowest BCUT2D eigenvalue weighted by Gasteiger charge is -2.50. The van der Waals surface area contributed by atoms with E-state index in [1.165, 1.54) is 48.8 Å². The molecule has 0 radical (unpaired) electrons. The van der Waals surface area contributed by atoms with Crippen molar-refractivity contribution in [3.05, 3.63) is 141 Å². The van der Waals surface area contributed by atoms with Gasteiger partial charge in [0.05, 0.1) is 25.5 Å². The molecule has 1 spiro atoms. The summed E-state index contributed by atoms with van der Waals surface area (Å²) in [6, 6.07) is 26.7. The average Bonchev–Trinajstić information content (AvgIpc) is 1.20. The van der Waals surface area contributed by atoms with E-state index in [9.17, 15) is 30.6 Å². The highest BCUT2D eigenvalue weighted by molar-refractivity contribution is 5.90. The Kier molecular flexibility index (Phi) is 19.0. The first-order valence-electron chi connectivity index (χ1n) is 34.1. The van der Waals surface area contributed by atoms with Crippen LogP contribution in [0.4, 0.5) is 0 Å². The van der Waals surface area contributed by atoms with Gasteiger partial charge in [-0.25, -0.2) is 0 Å². The molecular formula is C76H95N5O10. The van der Waals surface area contributed by atoms with Crippen molar-refractivity contribution in [1.82, 2.24) is 26.3 Å². The van der Waals surface area contributed by atoms with E-state index < -0.39 is 35.6 Å². The first-order chi connectivity index (χ1) is 44.3. The topological polar surface area (TPSA) is 222 Å². The van der Waals surface area contributed by atoms with Crippen LogP contribution in [-0.4, -0.2) is 124 Å². The lowest BCUT2D eigenvalue weighted by atomic mass is 9.62. The number of aromatic amines is 1. The molecule has 2 saturated carbocycles. The molecule has 13 rings (SSSR count). The van der Waals surface area contributed by atoms with Gasteiger partial charge in [-0.15, -0.1) is 0 Å². The number of aromatic nitrogens is 1. The van der Waals surface area contributed by atoms with Crippen LogP contribution in [0.5, 0.6) is 28.7 Å². The number of nitrogens with one attached hydrogen (secondary N) is 5. The van der Waals surface area contributed by atoms with Crippen molar-refractivity contribution in [3.63, 3.8) is 0 Å². The largest absolute Gasteiger partial charge is 0.507 e. The minimum atomic E-state index is -1.35. The molecule has 9 atom stereocenters. The van der Waals surface area contributed by atoms with E-state index in [-0.39, 0.29) is 80.7 Å². The molecule has 1 aromatic heterocycles. The van der Waals surface area contributed by atoms with Gasteiger partial charge >= 0.3 is 0 Å². The average molecular weight is 1240 g/mol. The second-order valence-corrected chi connectivity index (χ2v) is 28.2. The summed E-state index contributed by atoms with van der Waals surface area (Å²) >= 11 is 0. The van der Waals surface area contributed by atoms with Crippen molar-refractivity contribution >= 4 is 17.0 Å². The van der Waals surface area contributed by atoms with E-state index in [1.54, 1.807) is 0 Å². The Morgan fingerprint density at radius 3 is 2.47 bits per heavy atom. The summed E-state index contributed by atoms with van der Waals surface area (Å²) in [6.45, 7) is 7.66. The fraction of sp³-hybridized carbons (Fsp3) is 0.526. The van der Waals surface area contributed by atoms with Crippen LogP contribution < -0.4 is 35.5 Å². The van der Waals surface area contributed by atoms with Crippen molar-refractivity contribution in [3.8, 4) is 51.7 Å². The molecule has 0 saturated heterocycles. The van der Waals surface area contributed by atoms with E-state index in [1.807, 2.05) is 31.3 Å². The minimum Gasteiger partial charge on any atom is -0.507 e. The number of phenols is 2. The van der Waals surface area contributed by atoms with Gasteiger partial charge in [0.25, 0.3) is 0 Å². The molecule has 4 aliphatic carbocycles. The highest BCUT2D eigenvalue weighted by Gasteiger charge is 2.56. The van der Waals surface area contributed by atoms with E-state index >= 15 is 0 Å². The fourth-order valence-electron chi connectivity index (χ4n) is 17.1. The van der Waals surface area contributed by atoms with Crippen LogP contribution in [0.25, 0.3) is 28.1 Å². The molecule has 15 heteroatoms. The van der Waals surface area contributed by atoms with E-state index in [2.05, 4.69) is 119 Å². The van der Waals surface area contributed by atoms with Crippen LogP contribution in [0.15, 0.2) is 90.6 Å². The molecule has 11 N–H and O–H groups in total. The van der Waals surface area contributed by atoms with Crippen molar-refractivity contribution in [2.24, 2.45) is 11.3 Å². The molecule has 0 unspecified atom stereocenters. The van der Waals surface area contributed by atoms with Crippen LogP contribution in [-0.2, 0) is 36.8 Å². The lowest BCUT2D eigenvalue weighted by Crippen LogP contribution is -2.62. The van der Waals surface area contributed by atoms with Crippen molar-refractivity contribution in [2.75, 3.05) is 52.9 Å². The maximum absolute atomic E-state index is 12.2. The smallest absolute Gasteiger partial charge is 0.162 e. The van der Waals surface area contributed by atoms with Crippen molar-refractivity contribution < 1.29 is 49.6 Å². The van der Waals surface area contributed by atoms with Crippen LogP contribution in [0.3, 0.4) is 0 Å². The number of aliphatic hydroxyl groups excluding tert-OH is 3. The molecule has 91 heavy (non-hydrogen) atoms. The standard InChI is InChI=1S/C76H95N5O10/c1-47(2)38-74(3,87)44-78-45-80-66-19-9-18-55(42-83)89-65-36-52(34-51(70(65)86)16-12-32-82)73-76(66,88-46-81-54-17-10-29-75(39-54)27-7-8-28-75)40-62-59-37-61-67(50-20-24-63-49(33-50)26-31-79-63)53(41-77-30-11-15-48-13-5-4-6-14-48)35-60-64(85)25-23-57(68(60)61)69(59)72-58(71(62)91-73)22-21-56(43-84)90-72/h4-6,13-14,20,23-26,31,33-36,47,54-56,61,66-67,73,77-87H,7-8,10-12,15-18,21-22,27-30,32,37-46H2,1-3H3/t54-,55+,56+,61-,66+,67+,73-,74-,76+/m1/s1. The van der Waals surface area contributed by atoms with Gasteiger partial charge in [0.15, 0.2) is 17.6 Å². The van der Waals surface area contributed by atoms with Crippen LogP contribution >= 0.6 is 0 Å². The molecule has 5 aromatic carbocycles. The van der Waals surface area contributed by atoms with E-state index in [0.717, 1.165) is 88.5 Å². The number of rotatable bonds is 23. The minimum absolute atomic E-state index is 0.0647. The summed E-state index contributed by atoms with van der Waals surface area (Å²) in [6.07, 6.45) is 17.0. The highest BCUT2D eigenvalue weighted by Crippen LogP contribution is 2.62. The molecule has 7 aliphatic rings. The van der Waals surface area contributed by atoms with Gasteiger partial charge in [-0.3, -0.25) is 10.6 Å². The highest BCUT2D eigenvalue weighted by atomic mass is 16.6. The second-order valence-electron chi connectivity index (χ2n) is 28.2. The Hall–Kier alpha value is -6.42. The first kappa shape index (κ1) is 63.3. The molecule has 2 bridgehead atoms. The number of phenolic OH excluding ortho intramolecular Hbond substituents is 2. The van der Waals surface area contributed by atoms with Gasteiger partial charge < -0.3 is 65.2 Å². The Labute approximate surface area is 536 Å². The summed E-state index contributed by atoms with van der Waals surface area (Å²) in [4.78, 5) is 3.43. The number of benzene rings is 5. The molecular weight excluding hydrogens is 1140 g/mol. The summed E-state index contributed by atoms with van der Waals surface area (Å²) in [5.41, 5.74) is 10.7. The maximum Gasteiger partial charge on any atom is 0.162 e. The number of fused-ring (bicyclic) bond motifs is 12. The SMILES string of the molecule is CC(C)C[C@@](C)(O)CNCN[C@H]1C#CC[C@@H](CO)Oc2cc(cc(CCCO)c2O)[C@H]2Oc3c(c4c(c5c3CC[C@@H](CO)O5)-c3ccc(O)c5c3[C@H](C4)[C@@H](c3ccc4[nH]ccc4c3)C(CNCCCc3ccccc3)=C5)C[C@]12OCN[C@@H]1CCCC2(CCCC2)C1. The summed E-state index contributed by atoms with van der Waals surface area (Å²) in [5, 5.41) is 84.6. The quantitative estimate of drug-likeness (QED) is 0.0163. The number of H-pyrrole nitrogens is 1. The molecule has 4 heterocycles. The predicted octanol–water partition coefficient (Wildman–Crippen LogP) is 10.8. The van der Waals surface area contributed by atoms with Crippen LogP contribution in [0.2, 0.25) is 0 Å². The third kappa shape index (κ3) is 13.0. The lowest BCUT2D eigenvalue weighted by molar-refractivity contribution is -0.144. The number of hydrogen-bond acceptors (Lipinski definition) is 14. The normalized spacial score (nSPS) is 25.1. The predicted molar refractivity (Wildman–Crippen MR) is 356 cm³/mol. The van der Waals surface area contributed by atoms with E-state index in [4.69, 9.17) is 18.9 Å². The Balaban J connectivity index is 0.993. The van der Waals surface area contributed by atoms with Crippen molar-refractivity contribution in [1.29, 1.82) is 0 Å². The van der Waals surface area contributed by atoms with Crippen LogP contribution in [0.1, 0.15) is 172 Å². The Bertz CT molecular complexity index is 3660. The second kappa shape index (κ2) is 27.3.